The third-order valence-electron chi connectivity index (χ3n) is 5.09. The molecule has 0 atom stereocenters. The van der Waals surface area contributed by atoms with Crippen molar-refractivity contribution >= 4 is 23.5 Å². The van der Waals surface area contributed by atoms with Gasteiger partial charge in [0.25, 0.3) is 17.7 Å². The molecule has 9 heteroatoms. The Kier molecular flexibility index (Phi) is 5.04. The van der Waals surface area contributed by atoms with Gasteiger partial charge in [-0.05, 0) is 60.5 Å². The van der Waals surface area contributed by atoms with E-state index in [0.29, 0.717) is 28.5 Å². The van der Waals surface area contributed by atoms with Crippen molar-refractivity contribution in [2.75, 3.05) is 11.9 Å². The standard InChI is InChI=1S/C23H16F3N3O3/c1-12-9-15(13-3-5-14(6-4-13)20(30)27-2)10-19(28-12)29-21(31)17-8-7-16(23(24,25)26)11-18(17)22(29)32/h3-11H,1-2H3,(H,27,30). The van der Waals surface area contributed by atoms with Crippen LogP contribution in [0.15, 0.2) is 54.6 Å². The van der Waals surface area contributed by atoms with E-state index in [4.69, 9.17) is 0 Å². The Morgan fingerprint density at radius 1 is 0.906 bits per heavy atom. The lowest BCUT2D eigenvalue weighted by molar-refractivity contribution is -0.137. The van der Waals surface area contributed by atoms with Crippen LogP contribution >= 0.6 is 0 Å². The van der Waals surface area contributed by atoms with Gasteiger partial charge in [-0.1, -0.05) is 12.1 Å². The van der Waals surface area contributed by atoms with E-state index >= 15 is 0 Å². The van der Waals surface area contributed by atoms with E-state index < -0.39 is 23.6 Å². The highest BCUT2D eigenvalue weighted by atomic mass is 19.4. The second-order valence-electron chi connectivity index (χ2n) is 7.22. The molecule has 0 saturated heterocycles. The number of nitrogens with zero attached hydrogens (tertiary/aromatic N) is 2. The van der Waals surface area contributed by atoms with Gasteiger partial charge < -0.3 is 5.32 Å². The minimum atomic E-state index is -4.64. The third-order valence-corrected chi connectivity index (χ3v) is 5.09. The molecule has 0 aliphatic carbocycles. The van der Waals surface area contributed by atoms with Gasteiger partial charge in [0, 0.05) is 18.3 Å². The molecule has 2 heterocycles. The molecule has 0 spiro atoms. The number of carbonyl (C=O) groups excluding carboxylic acids is 3. The molecule has 1 aromatic heterocycles. The number of anilines is 1. The summed E-state index contributed by atoms with van der Waals surface area (Å²) in [5.41, 5.74) is 0.869. The number of hydrogen-bond donors (Lipinski definition) is 1. The molecular formula is C23H16F3N3O3. The first-order valence-corrected chi connectivity index (χ1v) is 9.51. The summed E-state index contributed by atoms with van der Waals surface area (Å²) >= 11 is 0. The predicted octanol–water partition coefficient (Wildman–Crippen LogP) is 4.24. The van der Waals surface area contributed by atoms with Crippen LogP contribution in [-0.2, 0) is 6.18 Å². The Labute approximate surface area is 180 Å². The Hall–Kier alpha value is -4.01. The van der Waals surface area contributed by atoms with Crippen LogP contribution < -0.4 is 10.2 Å². The lowest BCUT2D eigenvalue weighted by Crippen LogP contribution is -2.30. The topological polar surface area (TPSA) is 79.4 Å². The summed E-state index contributed by atoms with van der Waals surface area (Å²) in [5.74, 6) is -1.84. The highest BCUT2D eigenvalue weighted by molar-refractivity contribution is 6.34. The number of rotatable bonds is 3. The van der Waals surface area contributed by atoms with Gasteiger partial charge >= 0.3 is 6.18 Å². The minimum Gasteiger partial charge on any atom is -0.355 e. The summed E-state index contributed by atoms with van der Waals surface area (Å²) in [6.45, 7) is 1.67. The van der Waals surface area contributed by atoms with E-state index in [1.54, 1.807) is 37.3 Å². The number of aryl methyl sites for hydroxylation is 1. The van der Waals surface area contributed by atoms with Gasteiger partial charge in [0.05, 0.1) is 16.7 Å². The molecule has 0 unspecified atom stereocenters. The lowest BCUT2D eigenvalue weighted by Gasteiger charge is -2.15. The van der Waals surface area contributed by atoms with E-state index in [1.807, 2.05) is 0 Å². The van der Waals surface area contributed by atoms with Gasteiger partial charge in [-0.3, -0.25) is 14.4 Å². The van der Waals surface area contributed by atoms with Crippen molar-refractivity contribution in [1.82, 2.24) is 10.3 Å². The maximum absolute atomic E-state index is 13.0. The Bertz CT molecular complexity index is 1270. The molecule has 0 bridgehead atoms. The van der Waals surface area contributed by atoms with Crippen LogP contribution in [-0.4, -0.2) is 29.8 Å². The number of imide groups is 1. The number of fused-ring (bicyclic) bond motifs is 1. The first-order chi connectivity index (χ1) is 15.1. The molecule has 1 aliphatic heterocycles. The summed E-state index contributed by atoms with van der Waals surface area (Å²) in [6.07, 6.45) is -4.64. The first-order valence-electron chi connectivity index (χ1n) is 9.51. The highest BCUT2D eigenvalue weighted by Crippen LogP contribution is 2.35. The molecule has 3 amide bonds. The predicted molar refractivity (Wildman–Crippen MR) is 110 cm³/mol. The summed E-state index contributed by atoms with van der Waals surface area (Å²) in [4.78, 5) is 42.4. The van der Waals surface area contributed by atoms with Crippen LogP contribution in [0.3, 0.4) is 0 Å². The minimum absolute atomic E-state index is 0.00939. The molecule has 162 valence electrons. The summed E-state index contributed by atoms with van der Waals surface area (Å²) in [6, 6.07) is 12.4. The van der Waals surface area contributed by atoms with Crippen molar-refractivity contribution in [2.24, 2.45) is 0 Å². The van der Waals surface area contributed by atoms with E-state index in [-0.39, 0.29) is 22.9 Å². The molecule has 1 aliphatic rings. The number of nitrogens with one attached hydrogen (secondary N) is 1. The number of carbonyl (C=O) groups is 3. The average Bonchev–Trinajstić information content (AvgIpc) is 3.02. The number of pyridine rings is 1. The average molecular weight is 439 g/mol. The van der Waals surface area contributed by atoms with E-state index in [0.717, 1.165) is 17.0 Å². The number of aromatic nitrogens is 1. The van der Waals surface area contributed by atoms with E-state index in [1.165, 1.54) is 13.1 Å². The lowest BCUT2D eigenvalue weighted by atomic mass is 10.0. The van der Waals surface area contributed by atoms with Crippen molar-refractivity contribution in [1.29, 1.82) is 0 Å². The van der Waals surface area contributed by atoms with E-state index in [2.05, 4.69) is 10.3 Å². The maximum atomic E-state index is 13.0. The summed E-state index contributed by atoms with van der Waals surface area (Å²) in [5, 5.41) is 2.53. The zero-order chi connectivity index (χ0) is 23.2. The number of amides is 3. The third kappa shape index (κ3) is 3.62. The van der Waals surface area contributed by atoms with Gasteiger partial charge in [-0.2, -0.15) is 13.2 Å². The molecule has 6 nitrogen and oxygen atoms in total. The maximum Gasteiger partial charge on any atom is 0.416 e. The number of alkyl halides is 3. The second-order valence-corrected chi connectivity index (χ2v) is 7.22. The zero-order valence-corrected chi connectivity index (χ0v) is 16.9. The summed E-state index contributed by atoms with van der Waals surface area (Å²) in [7, 11) is 1.52. The normalized spacial score (nSPS) is 13.3. The Morgan fingerprint density at radius 2 is 1.56 bits per heavy atom. The monoisotopic (exact) mass is 439 g/mol. The van der Waals surface area contributed by atoms with Crippen LogP contribution in [0.4, 0.5) is 19.0 Å². The quantitative estimate of drug-likeness (QED) is 0.620. The fourth-order valence-electron chi connectivity index (χ4n) is 3.52. The van der Waals surface area contributed by atoms with Gasteiger partial charge in [0.1, 0.15) is 5.82 Å². The van der Waals surface area contributed by atoms with E-state index in [9.17, 15) is 27.6 Å². The molecule has 32 heavy (non-hydrogen) atoms. The fourth-order valence-corrected chi connectivity index (χ4v) is 3.52. The van der Waals surface area contributed by atoms with Crippen LogP contribution in [0, 0.1) is 6.92 Å². The van der Waals surface area contributed by atoms with Crippen molar-refractivity contribution in [2.45, 2.75) is 13.1 Å². The van der Waals surface area contributed by atoms with Gasteiger partial charge in [-0.25, -0.2) is 9.88 Å². The fraction of sp³-hybridized carbons (Fsp3) is 0.130. The van der Waals surface area contributed by atoms with Crippen molar-refractivity contribution in [3.05, 3.63) is 82.5 Å². The number of hydrogen-bond acceptors (Lipinski definition) is 4. The molecule has 0 saturated carbocycles. The summed E-state index contributed by atoms with van der Waals surface area (Å²) < 4.78 is 39.1. The van der Waals surface area contributed by atoms with Crippen LogP contribution in [0.25, 0.3) is 11.1 Å². The van der Waals surface area contributed by atoms with Crippen LogP contribution in [0.1, 0.15) is 42.3 Å². The number of halogens is 3. The SMILES string of the molecule is CNC(=O)c1ccc(-c2cc(C)nc(N3C(=O)c4ccc(C(F)(F)F)cc4C3=O)c2)cc1. The van der Waals surface area contributed by atoms with Crippen LogP contribution in [0.2, 0.25) is 0 Å². The Morgan fingerprint density at radius 3 is 2.19 bits per heavy atom. The number of benzene rings is 2. The van der Waals surface area contributed by atoms with Gasteiger partial charge in [0.15, 0.2) is 0 Å². The zero-order valence-electron chi connectivity index (χ0n) is 16.9. The van der Waals surface area contributed by atoms with Gasteiger partial charge in [0.2, 0.25) is 0 Å². The molecular weight excluding hydrogens is 423 g/mol. The molecule has 2 aromatic carbocycles. The first kappa shape index (κ1) is 21.2. The van der Waals surface area contributed by atoms with Crippen LogP contribution in [0.5, 0.6) is 0 Å². The Balaban J connectivity index is 1.73. The highest BCUT2D eigenvalue weighted by Gasteiger charge is 2.40. The molecule has 0 fully saturated rings. The molecule has 0 radical (unpaired) electrons. The largest absolute Gasteiger partial charge is 0.416 e. The van der Waals surface area contributed by atoms with Crippen molar-refractivity contribution in [3.8, 4) is 11.1 Å². The second kappa shape index (κ2) is 7.60. The molecule has 3 aromatic rings. The van der Waals surface area contributed by atoms with Gasteiger partial charge in [-0.15, -0.1) is 0 Å². The smallest absolute Gasteiger partial charge is 0.355 e. The molecule has 4 rings (SSSR count). The van der Waals surface area contributed by atoms with Crippen molar-refractivity contribution in [3.63, 3.8) is 0 Å². The molecule has 1 N–H and O–H groups in total. The van der Waals surface area contributed by atoms with Crippen molar-refractivity contribution < 1.29 is 27.6 Å².